The van der Waals surface area contributed by atoms with Crippen molar-refractivity contribution in [3.63, 3.8) is 0 Å². The Balaban J connectivity index is 1.53. The molecule has 4 rings (SSSR count). The molecule has 0 spiro atoms. The van der Waals surface area contributed by atoms with Gasteiger partial charge in [-0.05, 0) is 49.2 Å². The van der Waals surface area contributed by atoms with Crippen LogP contribution in [0.25, 0.3) is 11.4 Å². The van der Waals surface area contributed by atoms with Crippen molar-refractivity contribution >= 4 is 11.6 Å². The van der Waals surface area contributed by atoms with Gasteiger partial charge in [-0.3, -0.25) is 4.79 Å². The number of carbonyl (C=O) groups excluding carboxylic acids is 1. The Bertz CT molecular complexity index is 868. The van der Waals surface area contributed by atoms with Crippen LogP contribution in [0.5, 0.6) is 0 Å². The Labute approximate surface area is 146 Å². The van der Waals surface area contributed by atoms with Gasteiger partial charge in [0.2, 0.25) is 0 Å². The van der Waals surface area contributed by atoms with Gasteiger partial charge in [0.25, 0.3) is 5.91 Å². The Morgan fingerprint density at radius 2 is 1.72 bits per heavy atom. The highest BCUT2D eigenvalue weighted by atomic mass is 16.1. The number of aryl methyl sites for hydroxylation is 1. The maximum Gasteiger partial charge on any atom is 0.255 e. The highest BCUT2D eigenvalue weighted by Crippen LogP contribution is 2.24. The van der Waals surface area contributed by atoms with Crippen molar-refractivity contribution in [1.82, 2.24) is 14.8 Å². The highest BCUT2D eigenvalue weighted by Gasteiger charge is 2.16. The monoisotopic (exact) mass is 332 g/mol. The molecular weight excluding hydrogens is 312 g/mol. The maximum atomic E-state index is 12.2. The van der Waals surface area contributed by atoms with Crippen LogP contribution >= 0.6 is 0 Å². The predicted molar refractivity (Wildman–Crippen MR) is 97.4 cm³/mol. The molecule has 1 aromatic heterocycles. The molecule has 0 saturated carbocycles. The number of hydrogen-bond donors (Lipinski definition) is 1. The number of hydrogen-bond acceptors (Lipinski definition) is 3. The standard InChI is InChI=1S/C20H20N4O/c25-20(16-7-3-1-4-8-16)21-17-12-10-15(11-13-17)19-23-22-18-9-5-2-6-14-24(18)19/h1,3-4,7-8,10-13H,2,5-6,9,14H2,(H,21,25). The minimum atomic E-state index is -0.107. The van der Waals surface area contributed by atoms with Gasteiger partial charge < -0.3 is 9.88 Å². The highest BCUT2D eigenvalue weighted by molar-refractivity contribution is 6.04. The number of aromatic nitrogens is 3. The van der Waals surface area contributed by atoms with Crippen LogP contribution in [0.3, 0.4) is 0 Å². The van der Waals surface area contributed by atoms with Crippen LogP contribution in [-0.2, 0) is 13.0 Å². The third-order valence-corrected chi connectivity index (χ3v) is 4.55. The van der Waals surface area contributed by atoms with Crippen molar-refractivity contribution in [3.05, 3.63) is 66.0 Å². The zero-order chi connectivity index (χ0) is 17.1. The average Bonchev–Trinajstić information content (AvgIpc) is 2.91. The molecule has 126 valence electrons. The van der Waals surface area contributed by atoms with Crippen molar-refractivity contribution in [1.29, 1.82) is 0 Å². The number of fused-ring (bicyclic) bond motifs is 1. The lowest BCUT2D eigenvalue weighted by Gasteiger charge is -2.09. The number of benzene rings is 2. The summed E-state index contributed by atoms with van der Waals surface area (Å²) in [6.07, 6.45) is 4.59. The van der Waals surface area contributed by atoms with E-state index in [4.69, 9.17) is 0 Å². The molecule has 2 aromatic carbocycles. The molecular formula is C20H20N4O. The zero-order valence-corrected chi connectivity index (χ0v) is 14.0. The van der Waals surface area contributed by atoms with Crippen molar-refractivity contribution in [2.75, 3.05) is 5.32 Å². The van der Waals surface area contributed by atoms with E-state index in [1.165, 1.54) is 19.3 Å². The van der Waals surface area contributed by atoms with Crippen LogP contribution < -0.4 is 5.32 Å². The summed E-state index contributed by atoms with van der Waals surface area (Å²) in [6.45, 7) is 0.976. The maximum absolute atomic E-state index is 12.2. The molecule has 5 heteroatoms. The van der Waals surface area contributed by atoms with Gasteiger partial charge in [0.05, 0.1) is 0 Å². The fourth-order valence-corrected chi connectivity index (χ4v) is 3.19. The molecule has 2 heterocycles. The second kappa shape index (κ2) is 6.89. The van der Waals surface area contributed by atoms with E-state index < -0.39 is 0 Å². The van der Waals surface area contributed by atoms with E-state index in [0.29, 0.717) is 5.56 Å². The first-order valence-electron chi connectivity index (χ1n) is 8.70. The number of anilines is 1. The van der Waals surface area contributed by atoms with E-state index in [-0.39, 0.29) is 5.91 Å². The summed E-state index contributed by atoms with van der Waals surface area (Å²) in [4.78, 5) is 12.2. The quantitative estimate of drug-likeness (QED) is 0.791. The van der Waals surface area contributed by atoms with Crippen LogP contribution in [-0.4, -0.2) is 20.7 Å². The molecule has 0 bridgehead atoms. The van der Waals surface area contributed by atoms with E-state index in [1.807, 2.05) is 42.5 Å². The van der Waals surface area contributed by atoms with Crippen molar-refractivity contribution in [2.24, 2.45) is 0 Å². The van der Waals surface area contributed by atoms with Crippen molar-refractivity contribution in [2.45, 2.75) is 32.2 Å². The van der Waals surface area contributed by atoms with Gasteiger partial charge >= 0.3 is 0 Å². The molecule has 1 aliphatic heterocycles. The lowest BCUT2D eigenvalue weighted by molar-refractivity contribution is 0.102. The predicted octanol–water partition coefficient (Wildman–Crippen LogP) is 3.92. The van der Waals surface area contributed by atoms with Crippen LogP contribution in [0, 0.1) is 0 Å². The lowest BCUT2D eigenvalue weighted by atomic mass is 10.1. The zero-order valence-electron chi connectivity index (χ0n) is 14.0. The summed E-state index contributed by atoms with van der Waals surface area (Å²) in [6, 6.07) is 17.0. The SMILES string of the molecule is O=C(Nc1ccc(-c2nnc3n2CCCCC3)cc1)c1ccccc1. The third kappa shape index (κ3) is 3.31. The number of rotatable bonds is 3. The van der Waals surface area contributed by atoms with Crippen LogP contribution in [0.4, 0.5) is 5.69 Å². The molecule has 25 heavy (non-hydrogen) atoms. The summed E-state index contributed by atoms with van der Waals surface area (Å²) in [5, 5.41) is 11.6. The topological polar surface area (TPSA) is 59.8 Å². The molecule has 0 saturated heterocycles. The summed E-state index contributed by atoms with van der Waals surface area (Å²) in [5.41, 5.74) is 2.45. The molecule has 3 aromatic rings. The van der Waals surface area contributed by atoms with Gasteiger partial charge in [-0.25, -0.2) is 0 Å². The third-order valence-electron chi connectivity index (χ3n) is 4.55. The van der Waals surface area contributed by atoms with Crippen molar-refractivity contribution < 1.29 is 4.79 Å². The van der Waals surface area contributed by atoms with Gasteiger partial charge in [0.15, 0.2) is 5.82 Å². The van der Waals surface area contributed by atoms with E-state index in [2.05, 4.69) is 20.1 Å². The molecule has 1 aliphatic rings. The summed E-state index contributed by atoms with van der Waals surface area (Å²) < 4.78 is 2.23. The van der Waals surface area contributed by atoms with E-state index in [0.717, 1.165) is 35.9 Å². The number of nitrogens with one attached hydrogen (secondary N) is 1. The van der Waals surface area contributed by atoms with Crippen LogP contribution in [0.15, 0.2) is 54.6 Å². The molecule has 1 N–H and O–H groups in total. The van der Waals surface area contributed by atoms with Gasteiger partial charge in [0, 0.05) is 29.8 Å². The molecule has 0 unspecified atom stereocenters. The molecule has 0 fully saturated rings. The van der Waals surface area contributed by atoms with Crippen molar-refractivity contribution in [3.8, 4) is 11.4 Å². The second-order valence-electron chi connectivity index (χ2n) is 6.30. The largest absolute Gasteiger partial charge is 0.322 e. The minimum absolute atomic E-state index is 0.107. The first-order chi connectivity index (χ1) is 12.3. The number of carbonyl (C=O) groups is 1. The Morgan fingerprint density at radius 1 is 0.920 bits per heavy atom. The van der Waals surface area contributed by atoms with E-state index in [9.17, 15) is 4.79 Å². The lowest BCUT2D eigenvalue weighted by Crippen LogP contribution is -2.11. The average molecular weight is 332 g/mol. The molecule has 0 aliphatic carbocycles. The number of nitrogens with zero attached hydrogens (tertiary/aromatic N) is 3. The second-order valence-corrected chi connectivity index (χ2v) is 6.30. The molecule has 5 nitrogen and oxygen atoms in total. The van der Waals surface area contributed by atoms with Gasteiger partial charge in [0.1, 0.15) is 5.82 Å². The normalized spacial score (nSPS) is 13.8. The van der Waals surface area contributed by atoms with Gasteiger partial charge in [-0.2, -0.15) is 0 Å². The summed E-state index contributed by atoms with van der Waals surface area (Å²) in [7, 11) is 0. The molecule has 0 atom stereocenters. The summed E-state index contributed by atoms with van der Waals surface area (Å²) >= 11 is 0. The molecule has 1 amide bonds. The first kappa shape index (κ1) is 15.6. The van der Waals surface area contributed by atoms with Crippen LogP contribution in [0.1, 0.15) is 35.4 Å². The first-order valence-corrected chi connectivity index (χ1v) is 8.70. The smallest absolute Gasteiger partial charge is 0.255 e. The minimum Gasteiger partial charge on any atom is -0.322 e. The fraction of sp³-hybridized carbons (Fsp3) is 0.250. The Kier molecular flexibility index (Phi) is 4.29. The molecule has 0 radical (unpaired) electrons. The summed E-state index contributed by atoms with van der Waals surface area (Å²) in [5.74, 6) is 1.89. The van der Waals surface area contributed by atoms with Gasteiger partial charge in [-0.1, -0.05) is 24.6 Å². The Morgan fingerprint density at radius 3 is 2.52 bits per heavy atom. The Hall–Kier alpha value is -2.95. The fourth-order valence-electron chi connectivity index (χ4n) is 3.19. The van der Waals surface area contributed by atoms with E-state index in [1.54, 1.807) is 12.1 Å². The van der Waals surface area contributed by atoms with Crippen LogP contribution in [0.2, 0.25) is 0 Å². The van der Waals surface area contributed by atoms with E-state index >= 15 is 0 Å². The number of amides is 1. The van der Waals surface area contributed by atoms with Gasteiger partial charge in [-0.15, -0.1) is 10.2 Å².